The van der Waals surface area contributed by atoms with Crippen LogP contribution < -0.4 is 4.74 Å². The minimum atomic E-state index is -0.334. The zero-order valence-electron chi connectivity index (χ0n) is 13.3. The molecule has 23 heavy (non-hydrogen) atoms. The maximum absolute atomic E-state index is 12.9. The number of carbonyl (C=O) groups is 1. The lowest BCUT2D eigenvalue weighted by molar-refractivity contribution is -0.146. The number of hydrogen-bond donors (Lipinski definition) is 0. The molecule has 1 spiro atoms. The maximum Gasteiger partial charge on any atom is 0.252 e. The summed E-state index contributed by atoms with van der Waals surface area (Å²) in [6.45, 7) is 3.27. The predicted octanol–water partition coefficient (Wildman–Crippen LogP) is 2.14. The quantitative estimate of drug-likeness (QED) is 0.796. The highest BCUT2D eigenvalue weighted by Gasteiger charge is 2.42. The van der Waals surface area contributed by atoms with Crippen molar-refractivity contribution in [3.8, 4) is 5.75 Å². The molecule has 0 saturated carbocycles. The van der Waals surface area contributed by atoms with E-state index in [0.29, 0.717) is 32.9 Å². The van der Waals surface area contributed by atoms with Crippen LogP contribution in [0.15, 0.2) is 24.3 Å². The number of rotatable bonds is 1. The molecule has 0 unspecified atom stereocenters. The summed E-state index contributed by atoms with van der Waals surface area (Å²) < 4.78 is 17.5. The van der Waals surface area contributed by atoms with Crippen LogP contribution in [0.5, 0.6) is 5.75 Å². The van der Waals surface area contributed by atoms with E-state index in [9.17, 15) is 4.79 Å². The number of hydrogen-bond acceptors (Lipinski definition) is 4. The van der Waals surface area contributed by atoms with Crippen molar-refractivity contribution in [2.75, 3.05) is 26.4 Å². The number of nitrogens with zero attached hydrogens (tertiary/aromatic N) is 1. The van der Waals surface area contributed by atoms with Gasteiger partial charge in [-0.1, -0.05) is 18.2 Å². The van der Waals surface area contributed by atoms with Crippen molar-refractivity contribution in [2.24, 2.45) is 0 Å². The Labute approximate surface area is 136 Å². The lowest BCUT2D eigenvalue weighted by Gasteiger charge is -2.39. The van der Waals surface area contributed by atoms with Gasteiger partial charge in [0.1, 0.15) is 17.5 Å². The second kappa shape index (κ2) is 6.13. The van der Waals surface area contributed by atoms with E-state index in [4.69, 9.17) is 14.2 Å². The van der Waals surface area contributed by atoms with Crippen LogP contribution in [0.1, 0.15) is 31.2 Å². The molecule has 5 nitrogen and oxygen atoms in total. The molecule has 1 aromatic rings. The van der Waals surface area contributed by atoms with Crippen molar-refractivity contribution in [3.05, 3.63) is 29.8 Å². The minimum Gasteiger partial charge on any atom is -0.485 e. The highest BCUT2D eigenvalue weighted by atomic mass is 16.5. The number of para-hydroxylation sites is 1. The first-order valence-corrected chi connectivity index (χ1v) is 8.51. The maximum atomic E-state index is 12.9. The van der Waals surface area contributed by atoms with Crippen LogP contribution in [0.4, 0.5) is 0 Å². The monoisotopic (exact) mass is 317 g/mol. The second-order valence-corrected chi connectivity index (χ2v) is 6.70. The van der Waals surface area contributed by atoms with Crippen LogP contribution in [-0.4, -0.2) is 48.9 Å². The van der Waals surface area contributed by atoms with Gasteiger partial charge in [0.25, 0.3) is 5.91 Å². The third-order valence-corrected chi connectivity index (χ3v) is 5.06. The standard InChI is InChI=1S/C18H23NO4/c20-17(16-6-3-9-22-16)19-12-14-4-1-2-5-15(14)23-18(13-19)7-10-21-11-8-18/h1-2,4-5,16H,3,6-13H2/t16-/m1/s1. The molecule has 2 saturated heterocycles. The second-order valence-electron chi connectivity index (χ2n) is 6.70. The first-order valence-electron chi connectivity index (χ1n) is 8.51. The summed E-state index contributed by atoms with van der Waals surface area (Å²) in [6.07, 6.45) is 3.15. The van der Waals surface area contributed by atoms with Gasteiger partial charge >= 0.3 is 0 Å². The molecular weight excluding hydrogens is 294 g/mol. The largest absolute Gasteiger partial charge is 0.485 e. The molecular formula is C18H23NO4. The van der Waals surface area contributed by atoms with Gasteiger partial charge in [-0.05, 0) is 18.9 Å². The van der Waals surface area contributed by atoms with Crippen LogP contribution in [0.2, 0.25) is 0 Å². The fourth-order valence-electron chi connectivity index (χ4n) is 3.74. The van der Waals surface area contributed by atoms with Gasteiger partial charge in [0.15, 0.2) is 0 Å². The molecule has 3 aliphatic heterocycles. The Kier molecular flexibility index (Phi) is 3.99. The van der Waals surface area contributed by atoms with Crippen molar-refractivity contribution >= 4 is 5.91 Å². The number of carbonyl (C=O) groups excluding carboxylic acids is 1. The highest BCUT2D eigenvalue weighted by molar-refractivity contribution is 5.81. The molecule has 1 aromatic carbocycles. The SMILES string of the molecule is O=C([C@H]1CCCO1)N1Cc2ccccc2OC2(CCOCC2)C1. The summed E-state index contributed by atoms with van der Waals surface area (Å²) in [5.74, 6) is 1.01. The molecule has 1 atom stereocenters. The average molecular weight is 317 g/mol. The molecule has 2 fully saturated rings. The zero-order valence-corrected chi connectivity index (χ0v) is 13.3. The van der Waals surface area contributed by atoms with Crippen LogP contribution in [0.3, 0.4) is 0 Å². The Hall–Kier alpha value is -1.59. The Morgan fingerprint density at radius 3 is 2.78 bits per heavy atom. The van der Waals surface area contributed by atoms with Gasteiger partial charge in [0.2, 0.25) is 0 Å². The minimum absolute atomic E-state index is 0.105. The summed E-state index contributed by atoms with van der Waals surface area (Å²) in [7, 11) is 0. The van der Waals surface area contributed by atoms with E-state index in [2.05, 4.69) is 0 Å². The lowest BCUT2D eigenvalue weighted by Crippen LogP contribution is -2.52. The zero-order chi connectivity index (χ0) is 15.7. The summed E-state index contributed by atoms with van der Waals surface area (Å²) >= 11 is 0. The van der Waals surface area contributed by atoms with E-state index < -0.39 is 0 Å². The fraction of sp³-hybridized carbons (Fsp3) is 0.611. The predicted molar refractivity (Wildman–Crippen MR) is 84.2 cm³/mol. The van der Waals surface area contributed by atoms with Crippen LogP contribution in [0.25, 0.3) is 0 Å². The Morgan fingerprint density at radius 2 is 2.00 bits per heavy atom. The van der Waals surface area contributed by atoms with Crippen LogP contribution >= 0.6 is 0 Å². The van der Waals surface area contributed by atoms with Crippen molar-refractivity contribution in [2.45, 2.75) is 43.9 Å². The van der Waals surface area contributed by atoms with Gasteiger partial charge in [0.05, 0.1) is 19.8 Å². The highest BCUT2D eigenvalue weighted by Crippen LogP contribution is 2.35. The summed E-state index contributed by atoms with van der Waals surface area (Å²) in [5, 5.41) is 0. The third-order valence-electron chi connectivity index (χ3n) is 5.06. The number of ether oxygens (including phenoxy) is 3. The Balaban J connectivity index is 1.64. The summed E-state index contributed by atoms with van der Waals surface area (Å²) in [5.41, 5.74) is 0.737. The number of fused-ring (bicyclic) bond motifs is 1. The van der Waals surface area contributed by atoms with Crippen molar-refractivity contribution in [3.63, 3.8) is 0 Å². The fourth-order valence-corrected chi connectivity index (χ4v) is 3.74. The molecule has 5 heteroatoms. The average Bonchev–Trinajstić information content (AvgIpc) is 3.05. The molecule has 4 rings (SSSR count). The summed E-state index contributed by atoms with van der Waals surface area (Å²) in [6, 6.07) is 8.04. The molecule has 1 amide bonds. The van der Waals surface area contributed by atoms with Gasteiger partial charge in [0, 0.05) is 31.6 Å². The third kappa shape index (κ3) is 2.95. The van der Waals surface area contributed by atoms with Gasteiger partial charge < -0.3 is 19.1 Å². The normalized spacial score (nSPS) is 26.4. The molecule has 0 bridgehead atoms. The van der Waals surface area contributed by atoms with E-state index in [1.54, 1.807) is 0 Å². The Bertz CT molecular complexity index is 576. The van der Waals surface area contributed by atoms with E-state index in [0.717, 1.165) is 37.0 Å². The first kappa shape index (κ1) is 15.0. The van der Waals surface area contributed by atoms with E-state index >= 15 is 0 Å². The Morgan fingerprint density at radius 1 is 1.17 bits per heavy atom. The molecule has 124 valence electrons. The van der Waals surface area contributed by atoms with Gasteiger partial charge in [-0.15, -0.1) is 0 Å². The molecule has 0 N–H and O–H groups in total. The van der Waals surface area contributed by atoms with Gasteiger partial charge in [-0.2, -0.15) is 0 Å². The molecule has 3 heterocycles. The number of benzene rings is 1. The van der Waals surface area contributed by atoms with Gasteiger partial charge in [-0.3, -0.25) is 4.79 Å². The smallest absolute Gasteiger partial charge is 0.252 e. The van der Waals surface area contributed by atoms with Gasteiger partial charge in [-0.25, -0.2) is 0 Å². The summed E-state index contributed by atoms with van der Waals surface area (Å²) in [4.78, 5) is 14.8. The number of amides is 1. The van der Waals surface area contributed by atoms with E-state index in [1.807, 2.05) is 29.2 Å². The molecule has 0 aliphatic carbocycles. The van der Waals surface area contributed by atoms with E-state index in [-0.39, 0.29) is 17.6 Å². The molecule has 0 aromatic heterocycles. The van der Waals surface area contributed by atoms with Crippen molar-refractivity contribution in [1.82, 2.24) is 4.90 Å². The van der Waals surface area contributed by atoms with Crippen molar-refractivity contribution in [1.29, 1.82) is 0 Å². The van der Waals surface area contributed by atoms with E-state index in [1.165, 1.54) is 0 Å². The van der Waals surface area contributed by atoms with Crippen LogP contribution in [-0.2, 0) is 20.8 Å². The topological polar surface area (TPSA) is 48.0 Å². The molecule has 3 aliphatic rings. The van der Waals surface area contributed by atoms with Crippen LogP contribution in [0, 0.1) is 0 Å². The molecule has 0 radical (unpaired) electrons. The first-order chi connectivity index (χ1) is 11.3. The lowest BCUT2D eigenvalue weighted by atomic mass is 9.93. The van der Waals surface area contributed by atoms with Crippen molar-refractivity contribution < 1.29 is 19.0 Å².